The van der Waals surface area contributed by atoms with Crippen LogP contribution in [0.15, 0.2) is 0 Å². The van der Waals surface area contributed by atoms with Crippen molar-refractivity contribution in [1.29, 1.82) is 0 Å². The fraction of sp³-hybridized carbons (Fsp3) is 0.900. The SMILES string of the molecule is CCOC(OC(C)C)C(C)(C)OC=O. The molecule has 0 amide bonds. The van der Waals surface area contributed by atoms with Gasteiger partial charge in [0.05, 0.1) is 6.10 Å². The minimum atomic E-state index is -0.762. The van der Waals surface area contributed by atoms with Crippen LogP contribution in [-0.4, -0.2) is 31.1 Å². The second kappa shape index (κ2) is 5.98. The summed E-state index contributed by atoms with van der Waals surface area (Å²) >= 11 is 0. The number of ether oxygens (including phenoxy) is 3. The molecule has 0 spiro atoms. The van der Waals surface area contributed by atoms with Crippen molar-refractivity contribution in [1.82, 2.24) is 0 Å². The van der Waals surface area contributed by atoms with Crippen molar-refractivity contribution in [2.45, 2.75) is 52.6 Å². The Morgan fingerprint density at radius 1 is 1.36 bits per heavy atom. The Balaban J connectivity index is 4.36. The molecule has 0 aliphatic heterocycles. The van der Waals surface area contributed by atoms with Crippen LogP contribution in [0.2, 0.25) is 0 Å². The van der Waals surface area contributed by atoms with Crippen molar-refractivity contribution in [3.05, 3.63) is 0 Å². The van der Waals surface area contributed by atoms with Crippen molar-refractivity contribution in [2.24, 2.45) is 0 Å². The molecule has 0 saturated heterocycles. The quantitative estimate of drug-likeness (QED) is 0.468. The van der Waals surface area contributed by atoms with Gasteiger partial charge in [-0.1, -0.05) is 0 Å². The minimum absolute atomic E-state index is 0.0288. The van der Waals surface area contributed by atoms with E-state index >= 15 is 0 Å². The maximum absolute atomic E-state index is 10.3. The molecule has 0 aromatic carbocycles. The zero-order valence-corrected chi connectivity index (χ0v) is 9.57. The summed E-state index contributed by atoms with van der Waals surface area (Å²) in [4.78, 5) is 10.3. The summed E-state index contributed by atoms with van der Waals surface area (Å²) in [5, 5.41) is 0. The number of carbonyl (C=O) groups excluding carboxylic acids is 1. The summed E-state index contributed by atoms with van der Waals surface area (Å²) in [5.41, 5.74) is -0.762. The summed E-state index contributed by atoms with van der Waals surface area (Å²) < 4.78 is 15.8. The molecule has 0 saturated carbocycles. The second-order valence-corrected chi connectivity index (χ2v) is 3.79. The number of carbonyl (C=O) groups is 1. The van der Waals surface area contributed by atoms with Crippen LogP contribution in [0.4, 0.5) is 0 Å². The summed E-state index contributed by atoms with van der Waals surface area (Å²) in [7, 11) is 0. The van der Waals surface area contributed by atoms with E-state index in [1.165, 1.54) is 0 Å². The molecule has 0 aliphatic carbocycles. The van der Waals surface area contributed by atoms with E-state index in [-0.39, 0.29) is 6.10 Å². The van der Waals surface area contributed by atoms with Crippen LogP contribution in [0, 0.1) is 0 Å². The van der Waals surface area contributed by atoms with Gasteiger partial charge in [-0.2, -0.15) is 0 Å². The molecule has 4 heteroatoms. The number of hydrogen-bond donors (Lipinski definition) is 0. The molecule has 4 nitrogen and oxygen atoms in total. The van der Waals surface area contributed by atoms with Gasteiger partial charge in [-0.15, -0.1) is 0 Å². The third-order valence-electron chi connectivity index (χ3n) is 1.63. The Bertz CT molecular complexity index is 166. The van der Waals surface area contributed by atoms with Gasteiger partial charge in [0.15, 0.2) is 11.9 Å². The summed E-state index contributed by atoms with van der Waals surface area (Å²) in [6.45, 7) is 10.1. The van der Waals surface area contributed by atoms with Gasteiger partial charge in [-0.05, 0) is 34.6 Å². The molecule has 0 aliphatic rings. The fourth-order valence-corrected chi connectivity index (χ4v) is 0.982. The molecular weight excluding hydrogens is 184 g/mol. The van der Waals surface area contributed by atoms with E-state index in [0.29, 0.717) is 13.1 Å². The second-order valence-electron chi connectivity index (χ2n) is 3.79. The minimum Gasteiger partial charge on any atom is -0.456 e. The number of rotatable bonds is 7. The maximum atomic E-state index is 10.3. The van der Waals surface area contributed by atoms with E-state index in [1.807, 2.05) is 20.8 Å². The van der Waals surface area contributed by atoms with Gasteiger partial charge in [0.25, 0.3) is 6.47 Å². The van der Waals surface area contributed by atoms with E-state index in [0.717, 1.165) is 0 Å². The molecule has 0 rings (SSSR count). The molecule has 0 heterocycles. The molecule has 1 atom stereocenters. The van der Waals surface area contributed by atoms with Crippen LogP contribution in [-0.2, 0) is 19.0 Å². The van der Waals surface area contributed by atoms with Gasteiger partial charge in [0.2, 0.25) is 0 Å². The predicted molar refractivity (Wildman–Crippen MR) is 52.9 cm³/mol. The van der Waals surface area contributed by atoms with Crippen molar-refractivity contribution < 1.29 is 19.0 Å². The lowest BCUT2D eigenvalue weighted by Gasteiger charge is -2.33. The Morgan fingerprint density at radius 2 is 1.93 bits per heavy atom. The first kappa shape index (κ1) is 13.4. The summed E-state index contributed by atoms with van der Waals surface area (Å²) in [5.74, 6) is 0. The Kier molecular flexibility index (Phi) is 5.72. The van der Waals surface area contributed by atoms with E-state index < -0.39 is 11.9 Å². The maximum Gasteiger partial charge on any atom is 0.293 e. The van der Waals surface area contributed by atoms with Crippen molar-refractivity contribution in [2.75, 3.05) is 6.61 Å². The normalized spacial score (nSPS) is 14.1. The van der Waals surface area contributed by atoms with Gasteiger partial charge in [0.1, 0.15) is 0 Å². The van der Waals surface area contributed by atoms with Gasteiger partial charge < -0.3 is 14.2 Å². The fourth-order valence-electron chi connectivity index (χ4n) is 0.982. The summed E-state index contributed by atoms with van der Waals surface area (Å²) in [6, 6.07) is 0. The predicted octanol–water partition coefficient (Wildman–Crippen LogP) is 1.73. The average Bonchev–Trinajstić information content (AvgIpc) is 2.02. The van der Waals surface area contributed by atoms with Gasteiger partial charge >= 0.3 is 0 Å². The first-order valence-electron chi connectivity index (χ1n) is 4.82. The monoisotopic (exact) mass is 204 g/mol. The molecule has 0 radical (unpaired) electrons. The highest BCUT2D eigenvalue weighted by atomic mass is 16.7. The van der Waals surface area contributed by atoms with Crippen LogP contribution in [0.25, 0.3) is 0 Å². The lowest BCUT2D eigenvalue weighted by molar-refractivity contribution is -0.243. The summed E-state index contributed by atoms with van der Waals surface area (Å²) in [6.07, 6.45) is -0.501. The highest BCUT2D eigenvalue weighted by molar-refractivity contribution is 5.38. The molecule has 0 bridgehead atoms. The Labute approximate surface area is 85.5 Å². The van der Waals surface area contributed by atoms with Crippen molar-refractivity contribution in [3.63, 3.8) is 0 Å². The smallest absolute Gasteiger partial charge is 0.293 e. The standard InChI is InChI=1S/C10H20O4/c1-6-12-9(14-8(2)3)10(4,5)13-7-11/h7-9H,6H2,1-5H3. The lowest BCUT2D eigenvalue weighted by atomic mass is 10.1. The van der Waals surface area contributed by atoms with Crippen molar-refractivity contribution in [3.8, 4) is 0 Å². The van der Waals surface area contributed by atoms with E-state index in [1.54, 1.807) is 13.8 Å². The molecule has 0 aromatic rings. The van der Waals surface area contributed by atoms with E-state index in [2.05, 4.69) is 0 Å². The largest absolute Gasteiger partial charge is 0.456 e. The molecule has 0 aromatic heterocycles. The van der Waals surface area contributed by atoms with Crippen LogP contribution in [0.3, 0.4) is 0 Å². The molecule has 1 unspecified atom stereocenters. The van der Waals surface area contributed by atoms with Crippen molar-refractivity contribution >= 4 is 6.47 Å². The highest BCUT2D eigenvalue weighted by Crippen LogP contribution is 2.19. The first-order chi connectivity index (χ1) is 6.44. The Hall–Kier alpha value is -0.610. The zero-order chi connectivity index (χ0) is 11.2. The molecular formula is C10H20O4. The van der Waals surface area contributed by atoms with Crippen LogP contribution in [0.1, 0.15) is 34.6 Å². The van der Waals surface area contributed by atoms with Crippen LogP contribution in [0.5, 0.6) is 0 Å². The van der Waals surface area contributed by atoms with Gasteiger partial charge in [-0.3, -0.25) is 4.79 Å². The lowest BCUT2D eigenvalue weighted by Crippen LogP contribution is -2.44. The van der Waals surface area contributed by atoms with Crippen LogP contribution >= 0.6 is 0 Å². The highest BCUT2D eigenvalue weighted by Gasteiger charge is 2.33. The molecule has 0 N–H and O–H groups in total. The Morgan fingerprint density at radius 3 is 2.29 bits per heavy atom. The van der Waals surface area contributed by atoms with Gasteiger partial charge in [-0.25, -0.2) is 0 Å². The third kappa shape index (κ3) is 4.58. The van der Waals surface area contributed by atoms with Gasteiger partial charge in [0, 0.05) is 6.61 Å². The van der Waals surface area contributed by atoms with E-state index in [9.17, 15) is 4.79 Å². The topological polar surface area (TPSA) is 44.8 Å². The zero-order valence-electron chi connectivity index (χ0n) is 9.57. The average molecular weight is 204 g/mol. The molecule has 14 heavy (non-hydrogen) atoms. The van der Waals surface area contributed by atoms with E-state index in [4.69, 9.17) is 14.2 Å². The molecule has 0 fully saturated rings. The van der Waals surface area contributed by atoms with Crippen LogP contribution < -0.4 is 0 Å². The third-order valence-corrected chi connectivity index (χ3v) is 1.63. The first-order valence-corrected chi connectivity index (χ1v) is 4.82. The molecule has 84 valence electrons. The number of hydrogen-bond acceptors (Lipinski definition) is 4.